The predicted molar refractivity (Wildman–Crippen MR) is 232 cm³/mol. The third-order valence-corrected chi connectivity index (χ3v) is 13.1. The molecule has 0 aliphatic carbocycles. The van der Waals surface area contributed by atoms with Crippen LogP contribution in [-0.2, 0) is 58.8 Å². The minimum Gasteiger partial charge on any atom is -0.469 e. The molecule has 1 aromatic carbocycles. The highest BCUT2D eigenvalue weighted by Gasteiger charge is 2.54. The van der Waals surface area contributed by atoms with Crippen LogP contribution in [0.5, 0.6) is 0 Å². The van der Waals surface area contributed by atoms with Crippen LogP contribution in [0.1, 0.15) is 86.6 Å². The summed E-state index contributed by atoms with van der Waals surface area (Å²) in [7, 11) is 1.36. The van der Waals surface area contributed by atoms with E-state index in [2.05, 4.69) is 40.1 Å². The minimum absolute atomic E-state index is 0.211. The highest BCUT2D eigenvalue weighted by Crippen LogP contribution is 2.41. The predicted octanol–water partition coefficient (Wildman–Crippen LogP) is 8.72. The number of carbonyl (C=O) groups is 1. The highest BCUT2D eigenvalue weighted by atomic mass is 16.8. The summed E-state index contributed by atoms with van der Waals surface area (Å²) < 4.78 is 64.1. The Morgan fingerprint density at radius 2 is 0.923 bits per heavy atom. The fraction of sp³-hybridized carbons (Fsp3) is 0.833. The molecule has 23 heteroatoms. The first kappa shape index (κ1) is 51.6. The number of rotatable bonds is 20. The van der Waals surface area contributed by atoms with Gasteiger partial charge in [0.2, 0.25) is 0 Å². The van der Waals surface area contributed by atoms with E-state index in [1.165, 1.54) is 7.11 Å². The maximum atomic E-state index is 11.6. The Labute approximate surface area is 378 Å². The molecule has 5 rings (SSSR count). The summed E-state index contributed by atoms with van der Waals surface area (Å²) in [6.45, 7) is 15.2. The third-order valence-electron chi connectivity index (χ3n) is 13.1. The lowest BCUT2D eigenvalue weighted by Crippen LogP contribution is -2.62. The number of benzene rings is 1. The number of unbranched alkanes of at least 4 members (excludes halogenated alkanes) is 2. The monoisotopic (exact) mass is 912 g/mol. The van der Waals surface area contributed by atoms with Crippen molar-refractivity contribution < 1.29 is 52.2 Å². The Morgan fingerprint density at radius 1 is 0.538 bits per heavy atom. The lowest BCUT2D eigenvalue weighted by atomic mass is 9.86. The number of hydrogen-bond acceptors (Lipinski definition) is 15. The Morgan fingerprint density at radius 3 is 1.34 bits per heavy atom. The molecule has 65 heavy (non-hydrogen) atoms. The van der Waals surface area contributed by atoms with Gasteiger partial charge in [0.25, 0.3) is 0 Å². The number of methoxy groups -OCH3 is 1. The maximum Gasteiger partial charge on any atom is 0.305 e. The molecule has 20 atom stereocenters. The van der Waals surface area contributed by atoms with Crippen LogP contribution in [-0.4, -0.2) is 118 Å². The second-order valence-corrected chi connectivity index (χ2v) is 17.4. The SMILES string of the molecule is COC(=O)CCCCCO[C@H]1OC(C)[C@@H](N=[N+]=[N-])[C@H](C)C1O[C@H]1OC(C)[C@@H](N=[N+]=[N-])[C@H](C)C1O[C@H]1OC(C)[C@@H](N=[N+]=[N-])[C@H](C)C1O[C@H]1OC(C)[C@@H](N=[N+]=[N-])[C@H](C)C1OCc1ccccc1. The number of nitrogens with zero attached hydrogens (tertiary/aromatic N) is 12. The molecular formula is C42H64N12O11. The normalized spacial score (nSPS) is 39.3. The van der Waals surface area contributed by atoms with Crippen LogP contribution in [0.25, 0.3) is 41.8 Å². The van der Waals surface area contributed by atoms with Gasteiger partial charge in [-0.05, 0) is 91.9 Å². The van der Waals surface area contributed by atoms with Crippen LogP contribution in [0.2, 0.25) is 0 Å². The van der Waals surface area contributed by atoms with E-state index in [9.17, 15) is 26.9 Å². The van der Waals surface area contributed by atoms with Crippen LogP contribution in [0.15, 0.2) is 50.8 Å². The first-order valence-electron chi connectivity index (χ1n) is 22.4. The van der Waals surface area contributed by atoms with E-state index in [-0.39, 0.29) is 25.1 Å². The molecule has 4 heterocycles. The lowest BCUT2D eigenvalue weighted by Gasteiger charge is -2.51. The van der Waals surface area contributed by atoms with E-state index >= 15 is 0 Å². The second-order valence-electron chi connectivity index (χ2n) is 17.4. The average Bonchev–Trinajstić information content (AvgIpc) is 3.28. The molecule has 358 valence electrons. The van der Waals surface area contributed by atoms with Crippen molar-refractivity contribution >= 4 is 5.97 Å². The summed E-state index contributed by atoms with van der Waals surface area (Å²) in [4.78, 5) is 24.0. The van der Waals surface area contributed by atoms with Gasteiger partial charge in [0, 0.05) is 32.7 Å². The second kappa shape index (κ2) is 24.9. The van der Waals surface area contributed by atoms with Crippen LogP contribution >= 0.6 is 0 Å². The molecule has 0 amide bonds. The largest absolute Gasteiger partial charge is 0.469 e. The fourth-order valence-electron chi connectivity index (χ4n) is 9.33. The molecule has 4 saturated heterocycles. The summed E-state index contributed by atoms with van der Waals surface area (Å²) in [5.41, 5.74) is 39.1. The average molecular weight is 913 g/mol. The van der Waals surface area contributed by atoms with Crippen LogP contribution in [0.4, 0.5) is 0 Å². The van der Waals surface area contributed by atoms with Crippen molar-refractivity contribution in [2.45, 2.75) is 186 Å². The van der Waals surface area contributed by atoms with E-state index in [0.717, 1.165) is 5.56 Å². The highest BCUT2D eigenvalue weighted by molar-refractivity contribution is 5.68. The first-order valence-corrected chi connectivity index (χ1v) is 22.4. The molecule has 0 saturated carbocycles. The molecule has 0 bridgehead atoms. The summed E-state index contributed by atoms with van der Waals surface area (Å²) in [5, 5.41) is 16.3. The Balaban J connectivity index is 1.46. The van der Waals surface area contributed by atoms with Gasteiger partial charge >= 0.3 is 5.97 Å². The number of esters is 1. The van der Waals surface area contributed by atoms with Crippen molar-refractivity contribution in [1.82, 2.24) is 0 Å². The van der Waals surface area contributed by atoms with Gasteiger partial charge in [-0.1, -0.05) is 84.9 Å². The molecule has 23 nitrogen and oxygen atoms in total. The summed E-state index contributed by atoms with van der Waals surface area (Å²) in [5.74, 6) is -2.14. The van der Waals surface area contributed by atoms with Gasteiger partial charge in [-0.15, -0.1) is 0 Å². The third kappa shape index (κ3) is 12.9. The van der Waals surface area contributed by atoms with Crippen molar-refractivity contribution in [2.75, 3.05) is 13.7 Å². The molecule has 4 aliphatic heterocycles. The van der Waals surface area contributed by atoms with Crippen molar-refractivity contribution in [2.24, 2.45) is 44.1 Å². The van der Waals surface area contributed by atoms with Crippen molar-refractivity contribution in [3.8, 4) is 0 Å². The van der Waals surface area contributed by atoms with E-state index in [1.54, 1.807) is 27.7 Å². The van der Waals surface area contributed by atoms with Crippen molar-refractivity contribution in [3.05, 3.63) is 77.7 Å². The maximum absolute atomic E-state index is 11.6. The lowest BCUT2D eigenvalue weighted by molar-refractivity contribution is -0.378. The summed E-state index contributed by atoms with van der Waals surface area (Å²) >= 11 is 0. The van der Waals surface area contributed by atoms with Gasteiger partial charge in [0.05, 0.1) is 62.3 Å². The van der Waals surface area contributed by atoms with E-state index in [1.807, 2.05) is 58.0 Å². The molecule has 1 aromatic rings. The minimum atomic E-state index is -1.17. The fourth-order valence-corrected chi connectivity index (χ4v) is 9.33. The van der Waals surface area contributed by atoms with Crippen molar-refractivity contribution in [1.29, 1.82) is 0 Å². The molecule has 0 spiro atoms. The first-order chi connectivity index (χ1) is 31.3. The number of azide groups is 4. The number of ether oxygens (including phenoxy) is 10. The van der Waals surface area contributed by atoms with E-state index in [4.69, 9.17) is 47.4 Å². The molecular weight excluding hydrogens is 849 g/mol. The van der Waals surface area contributed by atoms with Gasteiger partial charge in [-0.2, -0.15) is 0 Å². The Bertz CT molecular complexity index is 1880. The van der Waals surface area contributed by atoms with Gasteiger partial charge < -0.3 is 47.4 Å². The number of hydrogen-bond donors (Lipinski definition) is 0. The zero-order valence-electron chi connectivity index (χ0n) is 38.5. The smallest absolute Gasteiger partial charge is 0.305 e. The van der Waals surface area contributed by atoms with Gasteiger partial charge in [-0.25, -0.2) is 0 Å². The molecule has 4 aliphatic rings. The number of carbonyl (C=O) groups excluding carboxylic acids is 1. The molecule has 8 unspecified atom stereocenters. The Kier molecular flexibility index (Phi) is 19.8. The standard InChI is InChI=1S/C42H64N12O11/c1-21-31(47-51-43)26(6)60-40(35(21)58-20-29-16-12-10-13-17-29)64-37-23(3)33(49-53-45)28(8)62-42(37)65-38-24(4)34(50-54-46)27(7)61-41(38)63-36-22(2)32(48-52-44)25(5)59-39(36)57-19-15-11-14-18-30(55)56-9/h10,12-13,16-17,21-28,31-42H,11,14-15,18-20H2,1-9H3/t21-,22-,23-,24-,25?,26?,27?,28?,31-,32-,33-,34-,35?,36?,37?,38?,39-,40+,41+,42+/m0/s1. The molecule has 4 fully saturated rings. The summed E-state index contributed by atoms with van der Waals surface area (Å²) in [6, 6.07) is 6.99. The molecule has 0 N–H and O–H groups in total. The van der Waals surface area contributed by atoms with Crippen LogP contribution in [0, 0.1) is 23.7 Å². The van der Waals surface area contributed by atoms with Crippen LogP contribution in [0.3, 0.4) is 0 Å². The zero-order valence-corrected chi connectivity index (χ0v) is 38.5. The van der Waals surface area contributed by atoms with E-state index in [0.29, 0.717) is 25.7 Å². The Hall–Kier alpha value is -4.43. The quantitative estimate of drug-likeness (QED) is 0.0391. The van der Waals surface area contributed by atoms with E-state index < -0.39 is 116 Å². The van der Waals surface area contributed by atoms with Crippen LogP contribution < -0.4 is 0 Å². The topological polar surface area (TPSA) is 304 Å². The van der Waals surface area contributed by atoms with Gasteiger partial charge in [-0.3, -0.25) is 4.79 Å². The zero-order chi connectivity index (χ0) is 47.2. The summed E-state index contributed by atoms with van der Waals surface area (Å²) in [6.07, 6.45) is -7.92. The van der Waals surface area contributed by atoms with Crippen molar-refractivity contribution in [3.63, 3.8) is 0 Å². The molecule has 0 radical (unpaired) electrons. The van der Waals surface area contributed by atoms with Gasteiger partial charge in [0.1, 0.15) is 24.4 Å². The van der Waals surface area contributed by atoms with Gasteiger partial charge in [0.15, 0.2) is 25.2 Å². The molecule has 0 aromatic heterocycles.